The fourth-order valence-corrected chi connectivity index (χ4v) is 2.80. The number of ether oxygens (including phenoxy) is 3. The molecule has 0 bridgehead atoms. The summed E-state index contributed by atoms with van der Waals surface area (Å²) in [7, 11) is 1.54. The standard InChI is InChI=1S/C22H20ClFN2O4/c1-28-20-7-5-17(12-21(20)30-14-15-3-2-9-25-13-15)26-22(27)8-10-29-19-6-4-16(24)11-18(19)23/h2-7,9,11-13H,8,10,14H2,1H3,(H,26,27). The van der Waals surface area contributed by atoms with Gasteiger partial charge in [-0.1, -0.05) is 17.7 Å². The number of aromatic nitrogens is 1. The highest BCUT2D eigenvalue weighted by molar-refractivity contribution is 6.32. The first-order valence-electron chi connectivity index (χ1n) is 9.12. The third-order valence-corrected chi connectivity index (χ3v) is 4.34. The predicted octanol–water partition coefficient (Wildman–Crippen LogP) is 4.87. The summed E-state index contributed by atoms with van der Waals surface area (Å²) in [5.74, 6) is 0.656. The number of halogens is 2. The molecule has 2 aromatic carbocycles. The summed E-state index contributed by atoms with van der Waals surface area (Å²) in [6.07, 6.45) is 3.49. The van der Waals surface area contributed by atoms with E-state index in [2.05, 4.69) is 10.3 Å². The van der Waals surface area contributed by atoms with Crippen LogP contribution in [-0.2, 0) is 11.4 Å². The Hall–Kier alpha value is -3.32. The molecule has 30 heavy (non-hydrogen) atoms. The lowest BCUT2D eigenvalue weighted by Gasteiger charge is -2.13. The number of carbonyl (C=O) groups is 1. The zero-order valence-electron chi connectivity index (χ0n) is 16.2. The molecule has 3 aromatic rings. The normalized spacial score (nSPS) is 10.4. The van der Waals surface area contributed by atoms with Crippen LogP contribution < -0.4 is 19.5 Å². The van der Waals surface area contributed by atoms with Crippen molar-refractivity contribution < 1.29 is 23.4 Å². The maximum absolute atomic E-state index is 13.1. The Morgan fingerprint density at radius 3 is 2.67 bits per heavy atom. The molecule has 6 nitrogen and oxygen atoms in total. The highest BCUT2D eigenvalue weighted by Gasteiger charge is 2.10. The van der Waals surface area contributed by atoms with Gasteiger partial charge in [0, 0.05) is 29.7 Å². The molecule has 0 radical (unpaired) electrons. The van der Waals surface area contributed by atoms with E-state index in [1.807, 2.05) is 12.1 Å². The van der Waals surface area contributed by atoms with E-state index in [-0.39, 0.29) is 24.0 Å². The number of methoxy groups -OCH3 is 1. The molecule has 0 unspecified atom stereocenters. The number of rotatable bonds is 9. The van der Waals surface area contributed by atoms with Gasteiger partial charge in [-0.15, -0.1) is 0 Å². The molecule has 0 aliphatic rings. The van der Waals surface area contributed by atoms with Gasteiger partial charge in [0.1, 0.15) is 18.2 Å². The second-order valence-electron chi connectivity index (χ2n) is 6.24. The molecule has 1 heterocycles. The monoisotopic (exact) mass is 430 g/mol. The maximum atomic E-state index is 13.1. The third kappa shape index (κ3) is 6.09. The fourth-order valence-electron chi connectivity index (χ4n) is 2.58. The summed E-state index contributed by atoms with van der Waals surface area (Å²) < 4.78 is 29.6. The minimum atomic E-state index is -0.453. The zero-order valence-corrected chi connectivity index (χ0v) is 17.0. The van der Waals surface area contributed by atoms with E-state index in [9.17, 15) is 9.18 Å². The van der Waals surface area contributed by atoms with Gasteiger partial charge in [-0.25, -0.2) is 4.39 Å². The highest BCUT2D eigenvalue weighted by Crippen LogP contribution is 2.31. The SMILES string of the molecule is COc1ccc(NC(=O)CCOc2ccc(F)cc2Cl)cc1OCc1cccnc1. The molecule has 156 valence electrons. The van der Waals surface area contributed by atoms with Crippen LogP contribution in [0.5, 0.6) is 17.2 Å². The van der Waals surface area contributed by atoms with Gasteiger partial charge in [-0.3, -0.25) is 9.78 Å². The zero-order chi connectivity index (χ0) is 21.3. The third-order valence-electron chi connectivity index (χ3n) is 4.05. The fraction of sp³-hybridized carbons (Fsp3) is 0.182. The first-order chi connectivity index (χ1) is 14.5. The molecular weight excluding hydrogens is 411 g/mol. The van der Waals surface area contributed by atoms with Gasteiger partial charge in [-0.2, -0.15) is 0 Å². The van der Waals surface area contributed by atoms with Gasteiger partial charge in [-0.05, 0) is 36.4 Å². The molecule has 0 atom stereocenters. The van der Waals surface area contributed by atoms with Crippen LogP contribution in [0.25, 0.3) is 0 Å². The topological polar surface area (TPSA) is 69.7 Å². The number of hydrogen-bond donors (Lipinski definition) is 1. The van der Waals surface area contributed by atoms with Gasteiger partial charge < -0.3 is 19.5 Å². The number of carbonyl (C=O) groups excluding carboxylic acids is 1. The minimum absolute atomic E-state index is 0.0889. The summed E-state index contributed by atoms with van der Waals surface area (Å²) in [5.41, 5.74) is 1.47. The van der Waals surface area contributed by atoms with Crippen LogP contribution in [0.15, 0.2) is 60.9 Å². The number of amides is 1. The van der Waals surface area contributed by atoms with E-state index in [0.29, 0.717) is 29.5 Å². The molecule has 0 spiro atoms. The first kappa shape index (κ1) is 21.4. The number of anilines is 1. The Labute approximate surface area is 178 Å². The highest BCUT2D eigenvalue weighted by atomic mass is 35.5. The summed E-state index contributed by atoms with van der Waals surface area (Å²) >= 11 is 5.90. The van der Waals surface area contributed by atoms with E-state index >= 15 is 0 Å². The number of nitrogens with zero attached hydrogens (tertiary/aromatic N) is 1. The average molecular weight is 431 g/mol. The molecule has 1 amide bonds. The Morgan fingerprint density at radius 2 is 1.93 bits per heavy atom. The Balaban J connectivity index is 1.55. The summed E-state index contributed by atoms with van der Waals surface area (Å²) in [6, 6.07) is 12.7. The number of pyridine rings is 1. The Bertz CT molecular complexity index is 1000. The molecule has 0 aliphatic carbocycles. The predicted molar refractivity (Wildman–Crippen MR) is 112 cm³/mol. The second kappa shape index (κ2) is 10.5. The van der Waals surface area contributed by atoms with E-state index in [4.69, 9.17) is 25.8 Å². The van der Waals surface area contributed by atoms with E-state index in [1.165, 1.54) is 12.1 Å². The molecule has 0 aliphatic heterocycles. The molecule has 1 N–H and O–H groups in total. The van der Waals surface area contributed by atoms with Crippen LogP contribution in [0.3, 0.4) is 0 Å². The molecule has 1 aromatic heterocycles. The van der Waals surface area contributed by atoms with Crippen molar-refractivity contribution >= 4 is 23.2 Å². The van der Waals surface area contributed by atoms with Crippen molar-refractivity contribution in [3.05, 3.63) is 77.3 Å². The van der Waals surface area contributed by atoms with Crippen molar-refractivity contribution in [2.75, 3.05) is 19.0 Å². The van der Waals surface area contributed by atoms with Crippen LogP contribution in [0.2, 0.25) is 5.02 Å². The smallest absolute Gasteiger partial charge is 0.227 e. The summed E-state index contributed by atoms with van der Waals surface area (Å²) in [5, 5.41) is 2.94. The molecule has 0 saturated carbocycles. The van der Waals surface area contributed by atoms with Gasteiger partial charge in [0.05, 0.1) is 25.2 Å². The summed E-state index contributed by atoms with van der Waals surface area (Å²) in [4.78, 5) is 16.3. The van der Waals surface area contributed by atoms with Crippen molar-refractivity contribution in [3.8, 4) is 17.2 Å². The Kier molecular flexibility index (Phi) is 7.45. The van der Waals surface area contributed by atoms with Crippen LogP contribution in [0.4, 0.5) is 10.1 Å². The average Bonchev–Trinajstić information content (AvgIpc) is 2.74. The molecule has 8 heteroatoms. The van der Waals surface area contributed by atoms with Crippen molar-refractivity contribution in [1.82, 2.24) is 4.98 Å². The molecule has 0 fully saturated rings. The van der Waals surface area contributed by atoms with Crippen LogP contribution >= 0.6 is 11.6 Å². The van der Waals surface area contributed by atoms with Gasteiger partial charge in [0.25, 0.3) is 0 Å². The molecular formula is C22H20ClFN2O4. The maximum Gasteiger partial charge on any atom is 0.227 e. The Morgan fingerprint density at radius 1 is 1.10 bits per heavy atom. The van der Waals surface area contributed by atoms with E-state index < -0.39 is 5.82 Å². The quantitative estimate of drug-likeness (QED) is 0.524. The van der Waals surface area contributed by atoms with Crippen LogP contribution in [-0.4, -0.2) is 24.6 Å². The lowest BCUT2D eigenvalue weighted by Crippen LogP contribution is -2.15. The minimum Gasteiger partial charge on any atom is -0.493 e. The lowest BCUT2D eigenvalue weighted by atomic mass is 10.2. The first-order valence-corrected chi connectivity index (χ1v) is 9.50. The van der Waals surface area contributed by atoms with Crippen molar-refractivity contribution in [2.24, 2.45) is 0 Å². The molecule has 3 rings (SSSR count). The van der Waals surface area contributed by atoms with Crippen molar-refractivity contribution in [3.63, 3.8) is 0 Å². The van der Waals surface area contributed by atoms with Crippen molar-refractivity contribution in [2.45, 2.75) is 13.0 Å². The van der Waals surface area contributed by atoms with Crippen LogP contribution in [0.1, 0.15) is 12.0 Å². The molecule has 0 saturated heterocycles. The van der Waals surface area contributed by atoms with E-state index in [0.717, 1.165) is 11.6 Å². The van der Waals surface area contributed by atoms with Crippen molar-refractivity contribution in [1.29, 1.82) is 0 Å². The van der Waals surface area contributed by atoms with Gasteiger partial charge in [0.2, 0.25) is 5.91 Å². The van der Waals surface area contributed by atoms with E-state index in [1.54, 1.807) is 37.7 Å². The van der Waals surface area contributed by atoms with Gasteiger partial charge >= 0.3 is 0 Å². The second-order valence-corrected chi connectivity index (χ2v) is 6.64. The number of nitrogens with one attached hydrogen (secondary N) is 1. The van der Waals surface area contributed by atoms with Gasteiger partial charge in [0.15, 0.2) is 11.5 Å². The number of benzene rings is 2. The number of hydrogen-bond acceptors (Lipinski definition) is 5. The largest absolute Gasteiger partial charge is 0.493 e. The summed E-state index contributed by atoms with van der Waals surface area (Å²) in [6.45, 7) is 0.408. The lowest BCUT2D eigenvalue weighted by molar-refractivity contribution is -0.116. The van der Waals surface area contributed by atoms with Crippen LogP contribution in [0, 0.1) is 5.82 Å².